The fraction of sp³-hybridized carbons (Fsp3) is 0.250. The number of non-ortho nitro benzene ring substituents is 1. The molecule has 1 heterocycles. The van der Waals surface area contributed by atoms with Crippen molar-refractivity contribution in [3.05, 3.63) is 80.1 Å². The first-order valence-corrected chi connectivity index (χ1v) is 12.2. The van der Waals surface area contributed by atoms with Crippen LogP contribution in [-0.4, -0.2) is 39.4 Å². The summed E-state index contributed by atoms with van der Waals surface area (Å²) in [5.74, 6) is 0.476. The number of nitrogens with one attached hydrogen (secondary N) is 1. The summed E-state index contributed by atoms with van der Waals surface area (Å²) < 4.78 is 11.5. The van der Waals surface area contributed by atoms with Crippen LogP contribution in [0, 0.1) is 24.0 Å². The number of aromatic nitrogens is 2. The molecule has 0 aliphatic heterocycles. The normalized spacial score (nSPS) is 10.9. The van der Waals surface area contributed by atoms with E-state index < -0.39 is 4.92 Å². The Morgan fingerprint density at radius 2 is 1.94 bits per heavy atom. The van der Waals surface area contributed by atoms with Gasteiger partial charge in [-0.05, 0) is 50.1 Å². The van der Waals surface area contributed by atoms with Gasteiger partial charge in [0, 0.05) is 23.5 Å². The van der Waals surface area contributed by atoms with Crippen LogP contribution in [0.25, 0.3) is 0 Å². The lowest BCUT2D eigenvalue weighted by atomic mass is 10.2. The summed E-state index contributed by atoms with van der Waals surface area (Å²) in [7, 11) is 0. The average Bonchev–Trinajstić information content (AvgIpc) is 2.82. The average molecular weight is 530 g/mol. The molecule has 1 amide bonds. The van der Waals surface area contributed by atoms with Gasteiger partial charge in [-0.25, -0.2) is 15.4 Å². The molecular formula is C24H24ClN5O5S. The number of hydrogen-bond acceptors (Lipinski definition) is 9. The van der Waals surface area contributed by atoms with Gasteiger partial charge in [0.15, 0.2) is 16.7 Å². The summed E-state index contributed by atoms with van der Waals surface area (Å²) in [5, 5.41) is 15.8. The van der Waals surface area contributed by atoms with Crippen LogP contribution < -0.4 is 14.9 Å². The molecule has 0 saturated heterocycles. The largest absolute Gasteiger partial charge is 0.490 e. The van der Waals surface area contributed by atoms with E-state index in [-0.39, 0.29) is 29.0 Å². The maximum atomic E-state index is 12.1. The third-order valence-corrected chi connectivity index (χ3v) is 5.66. The van der Waals surface area contributed by atoms with E-state index >= 15 is 0 Å². The number of thioether (sulfide) groups is 1. The number of nitrogens with zero attached hydrogens (tertiary/aromatic N) is 4. The zero-order valence-corrected chi connectivity index (χ0v) is 21.4. The zero-order valence-electron chi connectivity index (χ0n) is 19.9. The molecule has 10 nitrogen and oxygen atoms in total. The molecule has 3 aromatic rings. The van der Waals surface area contributed by atoms with Crippen molar-refractivity contribution in [1.29, 1.82) is 0 Å². The fourth-order valence-corrected chi connectivity index (χ4v) is 4.10. The van der Waals surface area contributed by atoms with Gasteiger partial charge in [-0.3, -0.25) is 14.9 Å². The molecule has 1 N–H and O–H groups in total. The minimum absolute atomic E-state index is 0.0271. The van der Waals surface area contributed by atoms with Crippen molar-refractivity contribution in [3.8, 4) is 11.5 Å². The van der Waals surface area contributed by atoms with Crippen molar-refractivity contribution in [2.75, 3.05) is 12.4 Å². The first-order valence-electron chi connectivity index (χ1n) is 10.8. The number of nitro benzene ring substituents is 1. The molecule has 0 radical (unpaired) electrons. The molecule has 0 spiro atoms. The predicted molar refractivity (Wildman–Crippen MR) is 138 cm³/mol. The number of amides is 1. The highest BCUT2D eigenvalue weighted by molar-refractivity contribution is 7.99. The number of halogens is 1. The molecule has 0 atom stereocenters. The second-order valence-electron chi connectivity index (χ2n) is 7.49. The van der Waals surface area contributed by atoms with Crippen LogP contribution in [0.15, 0.2) is 52.7 Å². The summed E-state index contributed by atoms with van der Waals surface area (Å²) in [4.78, 5) is 31.2. The van der Waals surface area contributed by atoms with E-state index in [0.717, 1.165) is 11.4 Å². The predicted octanol–water partition coefficient (Wildman–Crippen LogP) is 4.88. The lowest BCUT2D eigenvalue weighted by Gasteiger charge is -2.14. The molecule has 2 aromatic carbocycles. The Labute approximate surface area is 217 Å². The van der Waals surface area contributed by atoms with Crippen LogP contribution in [0.5, 0.6) is 11.5 Å². The Morgan fingerprint density at radius 3 is 2.64 bits per heavy atom. The van der Waals surface area contributed by atoms with Crippen LogP contribution in [-0.2, 0) is 11.4 Å². The second kappa shape index (κ2) is 12.8. The molecule has 1 aromatic heterocycles. The number of ether oxygens (including phenoxy) is 2. The fourth-order valence-electron chi connectivity index (χ4n) is 3.08. The number of carbonyl (C=O) groups excluding carboxylic acids is 1. The first-order chi connectivity index (χ1) is 17.2. The van der Waals surface area contributed by atoms with Gasteiger partial charge in [-0.15, -0.1) is 0 Å². The van der Waals surface area contributed by atoms with Gasteiger partial charge in [-0.1, -0.05) is 35.5 Å². The quantitative estimate of drug-likeness (QED) is 0.122. The van der Waals surface area contributed by atoms with E-state index in [0.29, 0.717) is 34.4 Å². The molecule has 3 rings (SSSR count). The third kappa shape index (κ3) is 7.92. The molecule has 0 saturated carbocycles. The molecular weight excluding hydrogens is 506 g/mol. The SMILES string of the molecule is CCOc1cc(/C=N\NC(=O)CSc2nc(C)cc(C)n2)cc(Cl)c1OCc1cccc([N+](=O)[O-])c1. The molecule has 188 valence electrons. The van der Waals surface area contributed by atoms with Crippen molar-refractivity contribution in [2.45, 2.75) is 32.5 Å². The number of hydrogen-bond donors (Lipinski definition) is 1. The lowest BCUT2D eigenvalue weighted by molar-refractivity contribution is -0.384. The monoisotopic (exact) mass is 529 g/mol. The number of aryl methyl sites for hydroxylation is 2. The molecule has 36 heavy (non-hydrogen) atoms. The minimum atomic E-state index is -0.467. The summed E-state index contributed by atoms with van der Waals surface area (Å²) in [6, 6.07) is 11.3. The number of rotatable bonds is 11. The van der Waals surface area contributed by atoms with Crippen LogP contribution in [0.1, 0.15) is 29.4 Å². The Kier molecular flexibility index (Phi) is 9.60. The topological polar surface area (TPSA) is 129 Å². The molecule has 0 fully saturated rings. The maximum absolute atomic E-state index is 12.1. The standard InChI is InChI=1S/C24H24ClN5O5S/c1-4-34-21-11-18(12-26-29-22(31)14-36-24-27-15(2)8-16(3)28-24)10-20(25)23(21)35-13-17-6-5-7-19(9-17)30(32)33/h5-12H,4,13-14H2,1-3H3,(H,29,31)/b26-12-. The van der Waals surface area contributed by atoms with Gasteiger partial charge in [0.05, 0.1) is 28.5 Å². The highest BCUT2D eigenvalue weighted by Gasteiger charge is 2.14. The van der Waals surface area contributed by atoms with Gasteiger partial charge in [0.2, 0.25) is 0 Å². The van der Waals surface area contributed by atoms with E-state index in [1.165, 1.54) is 30.1 Å². The van der Waals surface area contributed by atoms with Crippen molar-refractivity contribution in [1.82, 2.24) is 15.4 Å². The third-order valence-electron chi connectivity index (χ3n) is 4.53. The van der Waals surface area contributed by atoms with Crippen LogP contribution >= 0.6 is 23.4 Å². The number of hydrazone groups is 1. The van der Waals surface area contributed by atoms with Gasteiger partial charge in [0.25, 0.3) is 11.6 Å². The van der Waals surface area contributed by atoms with Crippen LogP contribution in [0.3, 0.4) is 0 Å². The second-order valence-corrected chi connectivity index (χ2v) is 8.84. The molecule has 0 aliphatic carbocycles. The van der Waals surface area contributed by atoms with Gasteiger partial charge < -0.3 is 9.47 Å². The summed E-state index contributed by atoms with van der Waals surface area (Å²) >= 11 is 7.64. The van der Waals surface area contributed by atoms with E-state index in [2.05, 4.69) is 20.5 Å². The van der Waals surface area contributed by atoms with E-state index in [4.69, 9.17) is 21.1 Å². The first kappa shape index (κ1) is 26.9. The lowest BCUT2D eigenvalue weighted by Crippen LogP contribution is -2.19. The molecule has 0 unspecified atom stereocenters. The Hall–Kier alpha value is -3.70. The number of carbonyl (C=O) groups is 1. The Morgan fingerprint density at radius 1 is 1.19 bits per heavy atom. The maximum Gasteiger partial charge on any atom is 0.269 e. The van der Waals surface area contributed by atoms with Gasteiger partial charge >= 0.3 is 0 Å². The smallest absolute Gasteiger partial charge is 0.269 e. The zero-order chi connectivity index (χ0) is 26.1. The van der Waals surface area contributed by atoms with Gasteiger partial charge in [0.1, 0.15) is 6.61 Å². The highest BCUT2D eigenvalue weighted by atomic mass is 35.5. The van der Waals surface area contributed by atoms with E-state index in [9.17, 15) is 14.9 Å². The summed E-state index contributed by atoms with van der Waals surface area (Å²) in [5.41, 5.74) is 5.30. The Balaban J connectivity index is 1.63. The molecule has 0 aliphatic rings. The minimum Gasteiger partial charge on any atom is -0.490 e. The molecule has 12 heteroatoms. The summed E-state index contributed by atoms with van der Waals surface area (Å²) in [6.07, 6.45) is 1.44. The van der Waals surface area contributed by atoms with E-state index in [1.54, 1.807) is 24.3 Å². The van der Waals surface area contributed by atoms with Crippen molar-refractivity contribution < 1.29 is 19.2 Å². The van der Waals surface area contributed by atoms with Crippen LogP contribution in [0.4, 0.5) is 5.69 Å². The number of nitro groups is 1. The van der Waals surface area contributed by atoms with E-state index in [1.807, 2.05) is 26.8 Å². The highest BCUT2D eigenvalue weighted by Crippen LogP contribution is 2.37. The van der Waals surface area contributed by atoms with Crippen molar-refractivity contribution >= 4 is 41.2 Å². The van der Waals surface area contributed by atoms with Crippen molar-refractivity contribution in [2.24, 2.45) is 5.10 Å². The van der Waals surface area contributed by atoms with Gasteiger partial charge in [-0.2, -0.15) is 5.10 Å². The molecule has 0 bridgehead atoms. The summed E-state index contributed by atoms with van der Waals surface area (Å²) in [6.45, 7) is 5.98. The number of benzene rings is 2. The van der Waals surface area contributed by atoms with Crippen LogP contribution in [0.2, 0.25) is 5.02 Å². The Bertz CT molecular complexity index is 1270. The van der Waals surface area contributed by atoms with Crippen molar-refractivity contribution in [3.63, 3.8) is 0 Å².